The van der Waals surface area contributed by atoms with Crippen molar-refractivity contribution in [2.24, 2.45) is 5.92 Å². The van der Waals surface area contributed by atoms with Gasteiger partial charge in [0.05, 0.1) is 13.0 Å². The summed E-state index contributed by atoms with van der Waals surface area (Å²) in [6.07, 6.45) is 2.06. The number of nitrogens with one attached hydrogen (secondary N) is 1. The molecule has 1 heterocycles. The molecule has 3 nitrogen and oxygen atoms in total. The van der Waals surface area contributed by atoms with Crippen molar-refractivity contribution in [2.45, 2.75) is 0 Å². The minimum Gasteiger partial charge on any atom is -0.469 e. The van der Waals surface area contributed by atoms with Crippen molar-refractivity contribution >= 4 is 11.5 Å². The van der Waals surface area contributed by atoms with E-state index in [0.717, 1.165) is 17.7 Å². The third-order valence-corrected chi connectivity index (χ3v) is 2.78. The van der Waals surface area contributed by atoms with Crippen LogP contribution in [0.2, 0.25) is 0 Å². The predicted molar refractivity (Wildman–Crippen MR) is 62.8 cm³/mol. The summed E-state index contributed by atoms with van der Waals surface area (Å²) in [5.74, 6) is -0.372. The molecule has 1 unspecified atom stereocenters. The van der Waals surface area contributed by atoms with Crippen LogP contribution in [0.1, 0.15) is 5.56 Å². The van der Waals surface area contributed by atoms with Gasteiger partial charge in [-0.1, -0.05) is 36.4 Å². The van der Waals surface area contributed by atoms with Gasteiger partial charge in [0.15, 0.2) is 0 Å². The van der Waals surface area contributed by atoms with Crippen molar-refractivity contribution in [3.63, 3.8) is 0 Å². The Hall–Kier alpha value is -1.61. The van der Waals surface area contributed by atoms with Gasteiger partial charge in [-0.3, -0.25) is 4.79 Å². The summed E-state index contributed by atoms with van der Waals surface area (Å²) < 4.78 is 4.82. The first-order valence-electron chi connectivity index (χ1n) is 5.37. The summed E-state index contributed by atoms with van der Waals surface area (Å²) in [6.45, 7) is 1.45. The lowest BCUT2D eigenvalue weighted by molar-refractivity contribution is -0.143. The number of esters is 1. The van der Waals surface area contributed by atoms with Gasteiger partial charge in [0.1, 0.15) is 0 Å². The summed E-state index contributed by atoms with van der Waals surface area (Å²) in [4.78, 5) is 11.6. The van der Waals surface area contributed by atoms with E-state index in [1.165, 1.54) is 7.11 Å². The molecule has 0 aromatic heterocycles. The minimum absolute atomic E-state index is 0.178. The zero-order valence-corrected chi connectivity index (χ0v) is 9.27. The van der Waals surface area contributed by atoms with Crippen molar-refractivity contribution < 1.29 is 9.53 Å². The van der Waals surface area contributed by atoms with Gasteiger partial charge in [-0.05, 0) is 11.1 Å². The Morgan fingerprint density at radius 2 is 2.12 bits per heavy atom. The Morgan fingerprint density at radius 1 is 1.38 bits per heavy atom. The molecule has 1 aromatic rings. The van der Waals surface area contributed by atoms with Crippen LogP contribution >= 0.6 is 0 Å². The van der Waals surface area contributed by atoms with Crippen molar-refractivity contribution in [2.75, 3.05) is 20.2 Å². The summed E-state index contributed by atoms with van der Waals surface area (Å²) in [5.41, 5.74) is 2.16. The molecule has 0 amide bonds. The van der Waals surface area contributed by atoms with E-state index in [2.05, 4.69) is 11.4 Å². The Morgan fingerprint density at radius 3 is 2.81 bits per heavy atom. The number of carbonyl (C=O) groups is 1. The number of carbonyl (C=O) groups excluding carboxylic acids is 1. The molecule has 1 aliphatic rings. The van der Waals surface area contributed by atoms with Crippen molar-refractivity contribution in [1.29, 1.82) is 0 Å². The molecular formula is C13H15NO2. The van der Waals surface area contributed by atoms with Gasteiger partial charge in [-0.25, -0.2) is 0 Å². The van der Waals surface area contributed by atoms with E-state index < -0.39 is 0 Å². The van der Waals surface area contributed by atoms with Crippen LogP contribution in [0.5, 0.6) is 0 Å². The molecule has 16 heavy (non-hydrogen) atoms. The molecule has 3 heteroatoms. The second-order valence-electron chi connectivity index (χ2n) is 3.76. The van der Waals surface area contributed by atoms with E-state index in [1.54, 1.807) is 0 Å². The summed E-state index contributed by atoms with van der Waals surface area (Å²) >= 11 is 0. The second kappa shape index (κ2) is 4.94. The van der Waals surface area contributed by atoms with Crippen molar-refractivity contribution in [3.8, 4) is 0 Å². The third-order valence-electron chi connectivity index (χ3n) is 2.78. The van der Waals surface area contributed by atoms with Crippen LogP contribution in [-0.2, 0) is 9.53 Å². The van der Waals surface area contributed by atoms with Crippen LogP contribution in [0, 0.1) is 5.92 Å². The zero-order valence-electron chi connectivity index (χ0n) is 9.27. The van der Waals surface area contributed by atoms with Gasteiger partial charge < -0.3 is 10.1 Å². The third kappa shape index (κ3) is 2.14. The van der Waals surface area contributed by atoms with E-state index in [1.807, 2.05) is 30.3 Å². The molecule has 84 valence electrons. The molecule has 0 radical (unpaired) electrons. The van der Waals surface area contributed by atoms with E-state index in [4.69, 9.17) is 4.74 Å². The molecule has 1 aromatic carbocycles. The fourth-order valence-corrected chi connectivity index (χ4v) is 1.96. The molecular weight excluding hydrogens is 202 g/mol. The van der Waals surface area contributed by atoms with Gasteiger partial charge in [0.25, 0.3) is 0 Å². The number of methoxy groups -OCH3 is 1. The fourth-order valence-electron chi connectivity index (χ4n) is 1.96. The Labute approximate surface area is 95.1 Å². The zero-order chi connectivity index (χ0) is 11.4. The normalized spacial score (nSPS) is 20.1. The van der Waals surface area contributed by atoms with E-state index in [9.17, 15) is 4.79 Å². The quantitative estimate of drug-likeness (QED) is 0.762. The molecule has 2 rings (SSSR count). The van der Waals surface area contributed by atoms with Crippen LogP contribution in [0.25, 0.3) is 5.57 Å². The number of ether oxygens (including phenoxy) is 1. The first-order valence-corrected chi connectivity index (χ1v) is 5.37. The predicted octanol–water partition coefficient (Wildman–Crippen LogP) is 1.46. The van der Waals surface area contributed by atoms with E-state index in [0.29, 0.717) is 6.54 Å². The lowest BCUT2D eigenvalue weighted by Crippen LogP contribution is -2.34. The Bertz CT molecular complexity index is 398. The molecule has 0 fully saturated rings. The summed E-state index contributed by atoms with van der Waals surface area (Å²) in [5, 5.41) is 3.17. The van der Waals surface area contributed by atoms with Crippen molar-refractivity contribution in [3.05, 3.63) is 42.0 Å². The SMILES string of the molecule is COC(=O)C1CNCC=C1c1ccccc1. The molecule has 0 bridgehead atoms. The Balaban J connectivity index is 2.30. The topological polar surface area (TPSA) is 38.3 Å². The largest absolute Gasteiger partial charge is 0.469 e. The van der Waals surface area contributed by atoms with E-state index in [-0.39, 0.29) is 11.9 Å². The first kappa shape index (κ1) is 10.9. The van der Waals surface area contributed by atoms with Gasteiger partial charge >= 0.3 is 5.97 Å². The fraction of sp³-hybridized carbons (Fsp3) is 0.308. The van der Waals surface area contributed by atoms with Crippen LogP contribution < -0.4 is 5.32 Å². The maximum atomic E-state index is 11.6. The highest BCUT2D eigenvalue weighted by Gasteiger charge is 2.26. The molecule has 0 saturated heterocycles. The van der Waals surface area contributed by atoms with Crippen LogP contribution in [0.4, 0.5) is 0 Å². The van der Waals surface area contributed by atoms with Crippen LogP contribution in [0.15, 0.2) is 36.4 Å². The number of benzene rings is 1. The van der Waals surface area contributed by atoms with Crippen molar-refractivity contribution in [1.82, 2.24) is 5.32 Å². The highest BCUT2D eigenvalue weighted by molar-refractivity contribution is 5.89. The molecule has 0 spiro atoms. The smallest absolute Gasteiger partial charge is 0.314 e. The Kier molecular flexibility index (Phi) is 3.37. The maximum absolute atomic E-state index is 11.6. The number of hydrogen-bond donors (Lipinski definition) is 1. The standard InChI is InChI=1S/C13H15NO2/c1-16-13(15)12-9-14-8-7-11(12)10-5-3-2-4-6-10/h2-7,12,14H,8-9H2,1H3. The van der Waals surface area contributed by atoms with Gasteiger partial charge in [0, 0.05) is 13.1 Å². The van der Waals surface area contributed by atoms with Crippen LogP contribution in [-0.4, -0.2) is 26.2 Å². The van der Waals surface area contributed by atoms with E-state index >= 15 is 0 Å². The number of rotatable bonds is 2. The minimum atomic E-state index is -0.193. The highest BCUT2D eigenvalue weighted by atomic mass is 16.5. The first-order chi connectivity index (χ1) is 7.83. The molecule has 0 aliphatic carbocycles. The lowest BCUT2D eigenvalue weighted by atomic mass is 9.90. The average molecular weight is 217 g/mol. The monoisotopic (exact) mass is 217 g/mol. The molecule has 1 aliphatic heterocycles. The lowest BCUT2D eigenvalue weighted by Gasteiger charge is -2.23. The van der Waals surface area contributed by atoms with Gasteiger partial charge in [-0.2, -0.15) is 0 Å². The highest BCUT2D eigenvalue weighted by Crippen LogP contribution is 2.25. The van der Waals surface area contributed by atoms with Gasteiger partial charge in [0.2, 0.25) is 0 Å². The maximum Gasteiger partial charge on any atom is 0.314 e. The number of hydrogen-bond acceptors (Lipinski definition) is 3. The average Bonchev–Trinajstić information content (AvgIpc) is 2.39. The summed E-state index contributed by atoms with van der Waals surface area (Å²) in [6, 6.07) is 9.97. The summed E-state index contributed by atoms with van der Waals surface area (Å²) in [7, 11) is 1.43. The van der Waals surface area contributed by atoms with Crippen LogP contribution in [0.3, 0.4) is 0 Å². The second-order valence-corrected chi connectivity index (χ2v) is 3.76. The molecule has 1 N–H and O–H groups in total. The van der Waals surface area contributed by atoms with Gasteiger partial charge in [-0.15, -0.1) is 0 Å². The molecule has 0 saturated carbocycles. The molecule has 1 atom stereocenters.